The number of carbonyl (C=O) groups is 1. The monoisotopic (exact) mass is 272 g/mol. The first kappa shape index (κ1) is 12.7. The molecule has 0 aliphatic carbocycles. The first-order valence-electron chi connectivity index (χ1n) is 6.52. The van der Waals surface area contributed by atoms with Gasteiger partial charge in [0.25, 0.3) is 0 Å². The lowest BCUT2D eigenvalue weighted by Gasteiger charge is -2.24. The summed E-state index contributed by atoms with van der Waals surface area (Å²) < 4.78 is 1.55. The molecule has 0 bridgehead atoms. The van der Waals surface area contributed by atoms with Crippen molar-refractivity contribution in [2.75, 3.05) is 17.7 Å². The Bertz CT molecular complexity index is 636. The number of carbonyl (C=O) groups excluding carboxylic acids is 1. The van der Waals surface area contributed by atoms with Crippen LogP contribution in [-0.4, -0.2) is 27.4 Å². The molecule has 0 saturated heterocycles. The van der Waals surface area contributed by atoms with Crippen molar-refractivity contribution in [2.45, 2.75) is 18.9 Å². The average molecular weight is 272 g/mol. The molecule has 0 saturated carbocycles. The fraction of sp³-hybridized carbons (Fsp3) is 0.286. The van der Waals surface area contributed by atoms with E-state index in [1.165, 1.54) is 0 Å². The first-order chi connectivity index (χ1) is 9.70. The number of hydrogen-bond donors (Lipinski definition) is 3. The van der Waals surface area contributed by atoms with E-state index in [1.807, 2.05) is 30.3 Å². The highest BCUT2D eigenvalue weighted by molar-refractivity contribution is 5.95. The largest absolute Gasteiger partial charge is 0.394 e. The number of aliphatic hydroxyl groups excluding tert-OH is 1. The van der Waals surface area contributed by atoms with Gasteiger partial charge in [0.15, 0.2) is 5.82 Å². The molecule has 20 heavy (non-hydrogen) atoms. The van der Waals surface area contributed by atoms with E-state index in [0.29, 0.717) is 24.6 Å². The summed E-state index contributed by atoms with van der Waals surface area (Å²) in [6.45, 7) is 0.251. The van der Waals surface area contributed by atoms with Crippen molar-refractivity contribution < 1.29 is 9.90 Å². The van der Waals surface area contributed by atoms with Gasteiger partial charge in [0.1, 0.15) is 5.82 Å². The molecule has 104 valence electrons. The number of hydrogen-bond acceptors (Lipinski definition) is 4. The van der Waals surface area contributed by atoms with E-state index in [9.17, 15) is 4.79 Å². The van der Waals surface area contributed by atoms with Crippen molar-refractivity contribution in [1.82, 2.24) is 9.78 Å². The van der Waals surface area contributed by atoms with Crippen molar-refractivity contribution >= 4 is 17.5 Å². The van der Waals surface area contributed by atoms with E-state index < -0.39 is 0 Å². The highest BCUT2D eigenvalue weighted by atomic mass is 16.3. The van der Waals surface area contributed by atoms with Crippen LogP contribution in [0.4, 0.5) is 11.6 Å². The number of fused-ring (bicyclic) bond motifs is 1. The number of nitrogens with one attached hydrogen (secondary N) is 1. The minimum atomic E-state index is -0.0904. The highest BCUT2D eigenvalue weighted by Crippen LogP contribution is 2.40. The average Bonchev–Trinajstić information content (AvgIpc) is 2.76. The Balaban J connectivity index is 2.10. The van der Waals surface area contributed by atoms with Crippen LogP contribution in [-0.2, 0) is 11.3 Å². The van der Waals surface area contributed by atoms with E-state index in [2.05, 4.69) is 10.4 Å². The molecule has 0 radical (unpaired) electrons. The molecule has 6 nitrogen and oxygen atoms in total. The Morgan fingerprint density at radius 3 is 2.85 bits per heavy atom. The molecule has 0 unspecified atom stereocenters. The fourth-order valence-corrected chi connectivity index (χ4v) is 2.67. The molecule has 6 heteroatoms. The number of nitrogens with two attached hydrogens (primary N) is 1. The van der Waals surface area contributed by atoms with Crippen LogP contribution in [0.1, 0.15) is 23.5 Å². The number of anilines is 2. The molecule has 1 aliphatic heterocycles. The molecular formula is C14H16N4O2. The predicted molar refractivity (Wildman–Crippen MR) is 75.3 cm³/mol. The van der Waals surface area contributed by atoms with Gasteiger partial charge in [-0.3, -0.25) is 4.79 Å². The number of aromatic nitrogens is 2. The lowest BCUT2D eigenvalue weighted by molar-refractivity contribution is -0.116. The van der Waals surface area contributed by atoms with Crippen LogP contribution in [0.5, 0.6) is 0 Å². The summed E-state index contributed by atoms with van der Waals surface area (Å²) in [4.78, 5) is 11.9. The fourth-order valence-electron chi connectivity index (χ4n) is 2.67. The van der Waals surface area contributed by atoms with Gasteiger partial charge in [0.2, 0.25) is 5.91 Å². The molecule has 1 atom stereocenters. The van der Waals surface area contributed by atoms with Crippen molar-refractivity contribution in [3.63, 3.8) is 0 Å². The van der Waals surface area contributed by atoms with E-state index in [-0.39, 0.29) is 18.4 Å². The van der Waals surface area contributed by atoms with Gasteiger partial charge in [0.05, 0.1) is 13.2 Å². The molecule has 3 rings (SSSR count). The Labute approximate surface area is 116 Å². The molecule has 1 amide bonds. The van der Waals surface area contributed by atoms with Gasteiger partial charge >= 0.3 is 0 Å². The Kier molecular flexibility index (Phi) is 3.15. The Morgan fingerprint density at radius 1 is 1.40 bits per heavy atom. The third-order valence-electron chi connectivity index (χ3n) is 3.53. The highest BCUT2D eigenvalue weighted by Gasteiger charge is 2.32. The van der Waals surface area contributed by atoms with Gasteiger partial charge in [-0.25, -0.2) is 4.68 Å². The summed E-state index contributed by atoms with van der Waals surface area (Å²) in [6.07, 6.45) is 0.353. The number of nitrogens with zero attached hydrogens (tertiary/aromatic N) is 2. The van der Waals surface area contributed by atoms with E-state index in [4.69, 9.17) is 10.8 Å². The summed E-state index contributed by atoms with van der Waals surface area (Å²) in [5.41, 5.74) is 7.88. The molecule has 0 fully saturated rings. The van der Waals surface area contributed by atoms with E-state index in [0.717, 1.165) is 11.1 Å². The van der Waals surface area contributed by atoms with Crippen LogP contribution in [0.15, 0.2) is 30.3 Å². The predicted octanol–water partition coefficient (Wildman–Crippen LogP) is 0.932. The van der Waals surface area contributed by atoms with Gasteiger partial charge in [-0.2, -0.15) is 5.10 Å². The Hall–Kier alpha value is -2.34. The third-order valence-corrected chi connectivity index (χ3v) is 3.53. The topological polar surface area (TPSA) is 93.2 Å². The maximum atomic E-state index is 11.9. The van der Waals surface area contributed by atoms with Crippen LogP contribution in [0, 0.1) is 0 Å². The SMILES string of the molecule is Nc1nn(CCO)c2c1[C@@H](c1ccccc1)CC(=O)N2. The summed E-state index contributed by atoms with van der Waals surface area (Å²) in [6, 6.07) is 9.78. The van der Waals surface area contributed by atoms with Crippen LogP contribution < -0.4 is 11.1 Å². The summed E-state index contributed by atoms with van der Waals surface area (Å²) in [5, 5.41) is 16.1. The Morgan fingerprint density at radius 2 is 2.15 bits per heavy atom. The van der Waals surface area contributed by atoms with Gasteiger partial charge in [0, 0.05) is 17.9 Å². The summed E-state index contributed by atoms with van der Waals surface area (Å²) in [7, 11) is 0. The minimum absolute atomic E-state index is 0.0561. The second-order valence-corrected chi connectivity index (χ2v) is 4.81. The number of benzene rings is 1. The number of nitrogen functional groups attached to an aromatic ring is 1. The molecule has 4 N–H and O–H groups in total. The number of amides is 1. The van der Waals surface area contributed by atoms with Gasteiger partial charge in [-0.15, -0.1) is 0 Å². The zero-order chi connectivity index (χ0) is 14.1. The molecule has 0 spiro atoms. The van der Waals surface area contributed by atoms with Gasteiger partial charge < -0.3 is 16.2 Å². The maximum Gasteiger partial charge on any atom is 0.226 e. The normalized spacial score (nSPS) is 17.6. The summed E-state index contributed by atoms with van der Waals surface area (Å²) in [5.74, 6) is 0.849. The van der Waals surface area contributed by atoms with Crippen molar-refractivity contribution in [3.05, 3.63) is 41.5 Å². The molecule has 1 aromatic carbocycles. The smallest absolute Gasteiger partial charge is 0.226 e. The maximum absolute atomic E-state index is 11.9. The lowest BCUT2D eigenvalue weighted by atomic mass is 9.87. The molecular weight excluding hydrogens is 256 g/mol. The second-order valence-electron chi connectivity index (χ2n) is 4.81. The number of rotatable bonds is 3. The first-order valence-corrected chi connectivity index (χ1v) is 6.52. The van der Waals surface area contributed by atoms with Gasteiger partial charge in [-0.1, -0.05) is 30.3 Å². The zero-order valence-electron chi connectivity index (χ0n) is 10.9. The summed E-state index contributed by atoms with van der Waals surface area (Å²) >= 11 is 0. The zero-order valence-corrected chi connectivity index (χ0v) is 10.9. The molecule has 2 aromatic rings. The molecule has 2 heterocycles. The second kappa shape index (κ2) is 4.97. The van der Waals surface area contributed by atoms with Crippen molar-refractivity contribution in [1.29, 1.82) is 0 Å². The number of aliphatic hydroxyl groups is 1. The standard InChI is InChI=1S/C14H16N4O2/c15-13-12-10(9-4-2-1-3-5-9)8-11(20)16-14(12)18(17-13)6-7-19/h1-5,10,19H,6-8H2,(H2,15,17)(H,16,20)/t10-/m1/s1. The third kappa shape index (κ3) is 2.04. The molecule has 1 aliphatic rings. The van der Waals surface area contributed by atoms with Crippen molar-refractivity contribution in [3.8, 4) is 0 Å². The minimum Gasteiger partial charge on any atom is -0.394 e. The molecule has 1 aromatic heterocycles. The van der Waals surface area contributed by atoms with Gasteiger partial charge in [-0.05, 0) is 5.56 Å². The van der Waals surface area contributed by atoms with E-state index in [1.54, 1.807) is 4.68 Å². The van der Waals surface area contributed by atoms with Crippen LogP contribution in [0.3, 0.4) is 0 Å². The van der Waals surface area contributed by atoms with Crippen LogP contribution in [0.25, 0.3) is 0 Å². The van der Waals surface area contributed by atoms with E-state index >= 15 is 0 Å². The van der Waals surface area contributed by atoms with Crippen molar-refractivity contribution in [2.24, 2.45) is 0 Å². The lowest BCUT2D eigenvalue weighted by Crippen LogP contribution is -2.25. The quantitative estimate of drug-likeness (QED) is 0.775. The van der Waals surface area contributed by atoms with Crippen LogP contribution >= 0.6 is 0 Å². The van der Waals surface area contributed by atoms with Crippen LogP contribution in [0.2, 0.25) is 0 Å².